The quantitative estimate of drug-likeness (QED) is 0.514. The van der Waals surface area contributed by atoms with Crippen LogP contribution in [-0.4, -0.2) is 42.5 Å². The summed E-state index contributed by atoms with van der Waals surface area (Å²) in [4.78, 5) is 28.0. The zero-order chi connectivity index (χ0) is 23.5. The summed E-state index contributed by atoms with van der Waals surface area (Å²) >= 11 is 0. The van der Waals surface area contributed by atoms with E-state index in [-0.39, 0.29) is 11.3 Å². The lowest BCUT2D eigenvalue weighted by atomic mass is 9.94. The van der Waals surface area contributed by atoms with Crippen molar-refractivity contribution in [3.8, 4) is 11.5 Å². The summed E-state index contributed by atoms with van der Waals surface area (Å²) in [5.74, 6) is -0.0968. The SMILES string of the molecule is COc1ccc([C@@H]2C(C(=O)c3ccc(C)o3)=C(O)C(=O)N2CCc2ccccc2)cc1OC. The zero-order valence-corrected chi connectivity index (χ0v) is 18.7. The van der Waals surface area contributed by atoms with Gasteiger partial charge < -0.3 is 23.9 Å². The Hall–Kier alpha value is -4.00. The highest BCUT2D eigenvalue weighted by atomic mass is 16.5. The molecule has 33 heavy (non-hydrogen) atoms. The van der Waals surface area contributed by atoms with Gasteiger partial charge in [0.15, 0.2) is 23.0 Å². The van der Waals surface area contributed by atoms with Gasteiger partial charge in [-0.1, -0.05) is 36.4 Å². The fourth-order valence-electron chi connectivity index (χ4n) is 4.07. The third-order valence-electron chi connectivity index (χ3n) is 5.72. The Kier molecular flexibility index (Phi) is 6.22. The topological polar surface area (TPSA) is 89.2 Å². The Morgan fingerprint density at radius 3 is 2.39 bits per heavy atom. The predicted molar refractivity (Wildman–Crippen MR) is 122 cm³/mol. The molecule has 0 radical (unpaired) electrons. The van der Waals surface area contributed by atoms with E-state index in [1.807, 2.05) is 30.3 Å². The van der Waals surface area contributed by atoms with Crippen LogP contribution in [0.4, 0.5) is 0 Å². The minimum absolute atomic E-state index is 0.0189. The van der Waals surface area contributed by atoms with Crippen molar-refractivity contribution in [2.24, 2.45) is 0 Å². The van der Waals surface area contributed by atoms with E-state index in [9.17, 15) is 14.7 Å². The summed E-state index contributed by atoms with van der Waals surface area (Å²) in [7, 11) is 3.04. The van der Waals surface area contributed by atoms with E-state index >= 15 is 0 Å². The smallest absolute Gasteiger partial charge is 0.290 e. The second kappa shape index (κ2) is 9.24. The van der Waals surface area contributed by atoms with Gasteiger partial charge in [0.2, 0.25) is 5.78 Å². The lowest BCUT2D eigenvalue weighted by Crippen LogP contribution is -2.33. The van der Waals surface area contributed by atoms with Crippen LogP contribution in [0.3, 0.4) is 0 Å². The third kappa shape index (κ3) is 4.22. The van der Waals surface area contributed by atoms with Crippen LogP contribution in [0.15, 0.2) is 76.4 Å². The van der Waals surface area contributed by atoms with Gasteiger partial charge in [-0.25, -0.2) is 0 Å². The number of aliphatic hydroxyl groups excluding tert-OH is 1. The zero-order valence-electron chi connectivity index (χ0n) is 18.7. The molecule has 1 N–H and O–H groups in total. The van der Waals surface area contributed by atoms with Crippen molar-refractivity contribution < 1.29 is 28.6 Å². The number of hydrogen-bond donors (Lipinski definition) is 1. The molecule has 1 aliphatic rings. The van der Waals surface area contributed by atoms with Crippen LogP contribution >= 0.6 is 0 Å². The van der Waals surface area contributed by atoms with E-state index in [1.165, 1.54) is 19.1 Å². The van der Waals surface area contributed by atoms with Crippen LogP contribution in [0, 0.1) is 6.92 Å². The lowest BCUT2D eigenvalue weighted by molar-refractivity contribution is -0.129. The highest BCUT2D eigenvalue weighted by molar-refractivity contribution is 6.15. The van der Waals surface area contributed by atoms with Crippen molar-refractivity contribution in [1.82, 2.24) is 4.90 Å². The van der Waals surface area contributed by atoms with Crippen LogP contribution in [0.25, 0.3) is 0 Å². The van der Waals surface area contributed by atoms with Gasteiger partial charge in [0, 0.05) is 6.54 Å². The average molecular weight is 447 g/mol. The molecule has 170 valence electrons. The fraction of sp³-hybridized carbons (Fsp3) is 0.231. The summed E-state index contributed by atoms with van der Waals surface area (Å²) in [6.07, 6.45) is 0.560. The first-order valence-electron chi connectivity index (χ1n) is 10.6. The molecule has 0 spiro atoms. The van der Waals surface area contributed by atoms with Crippen molar-refractivity contribution in [3.05, 3.63) is 94.6 Å². The van der Waals surface area contributed by atoms with Gasteiger partial charge >= 0.3 is 0 Å². The Morgan fingerprint density at radius 1 is 1.03 bits per heavy atom. The van der Waals surface area contributed by atoms with Crippen LogP contribution in [0.2, 0.25) is 0 Å². The van der Waals surface area contributed by atoms with Gasteiger partial charge in [-0.2, -0.15) is 0 Å². The summed E-state index contributed by atoms with van der Waals surface area (Å²) in [5.41, 5.74) is 1.64. The van der Waals surface area contributed by atoms with Crippen molar-refractivity contribution >= 4 is 11.7 Å². The van der Waals surface area contributed by atoms with E-state index in [2.05, 4.69) is 0 Å². The van der Waals surface area contributed by atoms with E-state index in [0.717, 1.165) is 5.56 Å². The largest absolute Gasteiger partial charge is 0.503 e. The molecular weight excluding hydrogens is 422 g/mol. The minimum atomic E-state index is -0.807. The molecule has 0 aliphatic carbocycles. The summed E-state index contributed by atoms with van der Waals surface area (Å²) in [6, 6.07) is 17.3. The third-order valence-corrected chi connectivity index (χ3v) is 5.72. The molecule has 7 heteroatoms. The van der Waals surface area contributed by atoms with Crippen molar-refractivity contribution in [1.29, 1.82) is 0 Å². The Bertz CT molecular complexity index is 1210. The number of furan rings is 1. The first-order valence-corrected chi connectivity index (χ1v) is 10.6. The Morgan fingerprint density at radius 2 is 1.76 bits per heavy atom. The number of carbonyl (C=O) groups excluding carboxylic acids is 2. The standard InChI is InChI=1S/C26H25NO6/c1-16-9-11-20(33-16)24(28)22-23(18-10-12-19(31-2)21(15-18)32-3)27(26(30)25(22)29)14-13-17-7-5-4-6-8-17/h4-12,15,23,29H,13-14H2,1-3H3/t23-/m1/s1. The summed E-state index contributed by atoms with van der Waals surface area (Å²) in [5, 5.41) is 10.8. The second-order valence-corrected chi connectivity index (χ2v) is 7.75. The number of methoxy groups -OCH3 is 2. The van der Waals surface area contributed by atoms with Gasteiger partial charge in [-0.15, -0.1) is 0 Å². The lowest BCUT2D eigenvalue weighted by Gasteiger charge is -2.27. The first kappa shape index (κ1) is 22.2. The highest BCUT2D eigenvalue weighted by Crippen LogP contribution is 2.41. The number of aryl methyl sites for hydroxylation is 1. The molecule has 1 atom stereocenters. The van der Waals surface area contributed by atoms with Crippen LogP contribution in [-0.2, 0) is 11.2 Å². The van der Waals surface area contributed by atoms with E-state index < -0.39 is 23.5 Å². The van der Waals surface area contributed by atoms with E-state index in [0.29, 0.717) is 35.8 Å². The van der Waals surface area contributed by atoms with Gasteiger partial charge in [0.1, 0.15) is 5.76 Å². The number of aliphatic hydroxyl groups is 1. The maximum atomic E-state index is 13.4. The summed E-state index contributed by atoms with van der Waals surface area (Å²) < 4.78 is 16.3. The minimum Gasteiger partial charge on any atom is -0.503 e. The molecular formula is C26H25NO6. The molecule has 1 aliphatic heterocycles. The molecule has 1 aromatic heterocycles. The predicted octanol–water partition coefficient (Wildman–Crippen LogP) is 4.43. The Labute approximate surface area is 191 Å². The van der Waals surface area contributed by atoms with Crippen molar-refractivity contribution in [2.45, 2.75) is 19.4 Å². The van der Waals surface area contributed by atoms with Gasteiger partial charge in [0.05, 0.1) is 25.8 Å². The van der Waals surface area contributed by atoms with E-state index in [1.54, 1.807) is 37.3 Å². The van der Waals surface area contributed by atoms with Crippen molar-refractivity contribution in [3.63, 3.8) is 0 Å². The maximum absolute atomic E-state index is 13.4. The molecule has 0 saturated heterocycles. The number of ketones is 1. The fourth-order valence-corrected chi connectivity index (χ4v) is 4.07. The monoisotopic (exact) mass is 447 g/mol. The molecule has 7 nitrogen and oxygen atoms in total. The molecule has 0 saturated carbocycles. The van der Waals surface area contributed by atoms with Crippen LogP contribution in [0.1, 0.15) is 33.5 Å². The number of hydrogen-bond acceptors (Lipinski definition) is 6. The molecule has 2 heterocycles. The summed E-state index contributed by atoms with van der Waals surface area (Å²) in [6.45, 7) is 2.03. The maximum Gasteiger partial charge on any atom is 0.290 e. The number of amides is 1. The molecule has 0 unspecified atom stereocenters. The molecule has 4 rings (SSSR count). The number of ether oxygens (including phenoxy) is 2. The number of nitrogens with zero attached hydrogens (tertiary/aromatic N) is 1. The number of carbonyl (C=O) groups is 2. The molecule has 2 aromatic carbocycles. The first-order chi connectivity index (χ1) is 15.9. The highest BCUT2D eigenvalue weighted by Gasteiger charge is 2.44. The number of benzene rings is 2. The number of rotatable bonds is 8. The van der Waals surface area contributed by atoms with Gasteiger partial charge in [0.25, 0.3) is 5.91 Å². The molecule has 0 fully saturated rings. The van der Waals surface area contributed by atoms with Gasteiger partial charge in [-0.05, 0) is 48.7 Å². The second-order valence-electron chi connectivity index (χ2n) is 7.75. The molecule has 1 amide bonds. The van der Waals surface area contributed by atoms with E-state index in [4.69, 9.17) is 13.9 Å². The number of Topliss-reactive ketones (excluding diaryl/α,β-unsaturated/α-hetero) is 1. The van der Waals surface area contributed by atoms with Crippen LogP contribution < -0.4 is 9.47 Å². The normalized spacial score (nSPS) is 15.8. The Balaban J connectivity index is 1.77. The average Bonchev–Trinajstić information content (AvgIpc) is 3.38. The molecule has 0 bridgehead atoms. The van der Waals surface area contributed by atoms with Crippen LogP contribution in [0.5, 0.6) is 11.5 Å². The van der Waals surface area contributed by atoms with Crippen molar-refractivity contribution in [2.75, 3.05) is 20.8 Å². The van der Waals surface area contributed by atoms with Gasteiger partial charge in [-0.3, -0.25) is 9.59 Å². The molecule has 3 aromatic rings.